The first-order valence-corrected chi connectivity index (χ1v) is 10.9. The molecule has 2 aromatic heterocycles. The van der Waals surface area contributed by atoms with Crippen LogP contribution in [0.2, 0.25) is 0 Å². The van der Waals surface area contributed by atoms with Crippen molar-refractivity contribution in [3.63, 3.8) is 0 Å². The molecule has 1 N–H and O–H groups in total. The van der Waals surface area contributed by atoms with E-state index in [9.17, 15) is 5.11 Å². The van der Waals surface area contributed by atoms with Crippen molar-refractivity contribution in [3.8, 4) is 6.07 Å². The summed E-state index contributed by atoms with van der Waals surface area (Å²) in [5.41, 5.74) is 2.93. The average Bonchev–Trinajstić information content (AvgIpc) is 3.03. The zero-order valence-electron chi connectivity index (χ0n) is 17.4. The third kappa shape index (κ3) is 3.86. The Morgan fingerprint density at radius 3 is 2.79 bits per heavy atom. The highest BCUT2D eigenvalue weighted by Gasteiger charge is 2.29. The normalized spacial score (nSPS) is 23.7. The van der Waals surface area contributed by atoms with E-state index in [2.05, 4.69) is 28.6 Å². The summed E-state index contributed by atoms with van der Waals surface area (Å²) in [5.74, 6) is 2.09. The molecule has 1 fully saturated rings. The van der Waals surface area contributed by atoms with Crippen LogP contribution in [0.15, 0.2) is 30.5 Å². The van der Waals surface area contributed by atoms with Crippen molar-refractivity contribution in [2.24, 2.45) is 11.8 Å². The molecule has 29 heavy (non-hydrogen) atoms. The lowest BCUT2D eigenvalue weighted by atomic mass is 9.85. The third-order valence-corrected chi connectivity index (χ3v) is 6.68. The second kappa shape index (κ2) is 8.51. The molecule has 5 heteroatoms. The molecule has 0 saturated heterocycles. The molecule has 4 unspecified atom stereocenters. The SMILES string of the molecule is CC(O)c1nc2cnc3ccccc3c2n1C1CCC(C)C(CCCC#N)CC1. The molecule has 152 valence electrons. The van der Waals surface area contributed by atoms with Gasteiger partial charge in [-0.25, -0.2) is 4.98 Å². The molecule has 2 heterocycles. The van der Waals surface area contributed by atoms with Crippen LogP contribution in [0.25, 0.3) is 21.9 Å². The fourth-order valence-electron chi connectivity index (χ4n) is 5.06. The fraction of sp³-hybridized carbons (Fsp3) is 0.542. The number of hydrogen-bond donors (Lipinski definition) is 1. The van der Waals surface area contributed by atoms with Crippen LogP contribution in [0, 0.1) is 23.2 Å². The number of para-hydroxylation sites is 1. The first kappa shape index (κ1) is 19.8. The Labute approximate surface area is 172 Å². The number of hydrogen-bond acceptors (Lipinski definition) is 4. The van der Waals surface area contributed by atoms with Crippen LogP contribution >= 0.6 is 0 Å². The van der Waals surface area contributed by atoms with E-state index in [4.69, 9.17) is 10.2 Å². The van der Waals surface area contributed by atoms with Crippen molar-refractivity contribution in [1.82, 2.24) is 14.5 Å². The highest BCUT2D eigenvalue weighted by atomic mass is 16.3. The zero-order valence-corrected chi connectivity index (χ0v) is 17.4. The number of unbranched alkanes of at least 4 members (excludes halogenated alkanes) is 1. The van der Waals surface area contributed by atoms with Crippen molar-refractivity contribution in [3.05, 3.63) is 36.3 Å². The summed E-state index contributed by atoms with van der Waals surface area (Å²) < 4.78 is 2.31. The summed E-state index contributed by atoms with van der Waals surface area (Å²) in [5, 5.41) is 20.5. The first-order chi connectivity index (χ1) is 14.1. The van der Waals surface area contributed by atoms with E-state index in [1.165, 1.54) is 12.8 Å². The molecular formula is C24H30N4O. The number of pyridine rings is 1. The van der Waals surface area contributed by atoms with Crippen LogP contribution in [0.1, 0.15) is 76.8 Å². The molecule has 1 saturated carbocycles. The summed E-state index contributed by atoms with van der Waals surface area (Å²) >= 11 is 0. The Hall–Kier alpha value is -2.45. The topological polar surface area (TPSA) is 74.7 Å². The summed E-state index contributed by atoms with van der Waals surface area (Å²) in [4.78, 5) is 9.35. The summed E-state index contributed by atoms with van der Waals surface area (Å²) in [6.07, 6.45) is 8.54. The van der Waals surface area contributed by atoms with Crippen molar-refractivity contribution >= 4 is 21.9 Å². The van der Waals surface area contributed by atoms with Gasteiger partial charge in [0, 0.05) is 17.8 Å². The van der Waals surface area contributed by atoms with E-state index < -0.39 is 6.10 Å². The maximum atomic E-state index is 10.5. The number of aromatic nitrogens is 3. The summed E-state index contributed by atoms with van der Waals surface area (Å²) in [6, 6.07) is 10.8. The van der Waals surface area contributed by atoms with Gasteiger partial charge >= 0.3 is 0 Å². The van der Waals surface area contributed by atoms with Crippen molar-refractivity contribution in [2.75, 3.05) is 0 Å². The fourth-order valence-corrected chi connectivity index (χ4v) is 5.06. The predicted octanol–water partition coefficient (Wildman–Crippen LogP) is 5.70. The van der Waals surface area contributed by atoms with Gasteiger partial charge in [-0.1, -0.05) is 25.1 Å². The smallest absolute Gasteiger partial charge is 0.138 e. The minimum Gasteiger partial charge on any atom is -0.385 e. The third-order valence-electron chi connectivity index (χ3n) is 6.68. The van der Waals surface area contributed by atoms with E-state index in [1.807, 2.05) is 24.4 Å². The molecule has 0 amide bonds. The van der Waals surface area contributed by atoms with Crippen molar-refractivity contribution < 1.29 is 5.11 Å². The molecule has 0 aliphatic heterocycles. The lowest BCUT2D eigenvalue weighted by Gasteiger charge is -2.22. The van der Waals surface area contributed by atoms with Gasteiger partial charge in [-0.2, -0.15) is 5.26 Å². The second-order valence-electron chi connectivity index (χ2n) is 8.62. The molecule has 0 bridgehead atoms. The van der Waals surface area contributed by atoms with Crippen LogP contribution in [-0.4, -0.2) is 19.6 Å². The maximum absolute atomic E-state index is 10.5. The molecule has 3 aromatic rings. The number of nitrogens with zero attached hydrogens (tertiary/aromatic N) is 4. The van der Waals surface area contributed by atoms with E-state index in [0.29, 0.717) is 24.3 Å². The molecule has 1 aromatic carbocycles. The van der Waals surface area contributed by atoms with E-state index in [1.54, 1.807) is 6.92 Å². The molecule has 1 aliphatic rings. The minimum absolute atomic E-state index is 0.332. The predicted molar refractivity (Wildman–Crippen MR) is 115 cm³/mol. The number of nitriles is 1. The molecule has 0 radical (unpaired) electrons. The maximum Gasteiger partial charge on any atom is 0.138 e. The highest BCUT2D eigenvalue weighted by Crippen LogP contribution is 2.40. The van der Waals surface area contributed by atoms with Gasteiger partial charge in [-0.05, 0) is 63.4 Å². The van der Waals surface area contributed by atoms with Gasteiger partial charge in [0.05, 0.1) is 23.3 Å². The summed E-state index contributed by atoms with van der Waals surface area (Å²) in [7, 11) is 0. The molecule has 4 rings (SSSR count). The van der Waals surface area contributed by atoms with Gasteiger partial charge in [0.15, 0.2) is 0 Å². The molecule has 1 aliphatic carbocycles. The molecular weight excluding hydrogens is 360 g/mol. The number of fused-ring (bicyclic) bond motifs is 3. The number of aliphatic hydroxyl groups is 1. The Bertz CT molecular complexity index is 1030. The van der Waals surface area contributed by atoms with Crippen molar-refractivity contribution in [1.29, 1.82) is 5.26 Å². The summed E-state index contributed by atoms with van der Waals surface area (Å²) in [6.45, 7) is 4.16. The minimum atomic E-state index is -0.617. The standard InChI is InChI=1S/C24H30N4O/c1-16-10-12-19(13-11-18(16)7-5-6-14-25)28-23-20-8-3-4-9-21(20)26-15-22(23)27-24(28)17(2)29/h3-4,8-9,15-19,29H,5-7,10-13H2,1-2H3. The zero-order chi connectivity index (χ0) is 20.4. The number of benzene rings is 1. The molecule has 5 nitrogen and oxygen atoms in total. The van der Waals surface area contributed by atoms with Gasteiger partial charge < -0.3 is 9.67 Å². The van der Waals surface area contributed by atoms with Gasteiger partial charge in [0.25, 0.3) is 0 Å². The lowest BCUT2D eigenvalue weighted by molar-refractivity contribution is 0.180. The van der Waals surface area contributed by atoms with E-state index in [0.717, 1.165) is 53.4 Å². The van der Waals surface area contributed by atoms with Crippen molar-refractivity contribution in [2.45, 2.75) is 70.9 Å². The largest absolute Gasteiger partial charge is 0.385 e. The number of aliphatic hydroxyl groups excluding tert-OH is 1. The van der Waals surface area contributed by atoms with Crippen LogP contribution in [0.5, 0.6) is 0 Å². The van der Waals surface area contributed by atoms with Crippen LogP contribution in [0.4, 0.5) is 0 Å². The van der Waals surface area contributed by atoms with E-state index in [-0.39, 0.29) is 0 Å². The van der Waals surface area contributed by atoms with Gasteiger partial charge in [0.1, 0.15) is 17.4 Å². The second-order valence-corrected chi connectivity index (χ2v) is 8.62. The van der Waals surface area contributed by atoms with Crippen LogP contribution in [-0.2, 0) is 0 Å². The van der Waals surface area contributed by atoms with Crippen LogP contribution in [0.3, 0.4) is 0 Å². The Balaban J connectivity index is 1.73. The molecule has 4 atom stereocenters. The Morgan fingerprint density at radius 2 is 2.00 bits per heavy atom. The average molecular weight is 391 g/mol. The lowest BCUT2D eigenvalue weighted by Crippen LogP contribution is -2.14. The van der Waals surface area contributed by atoms with Gasteiger partial charge in [0.2, 0.25) is 0 Å². The Kier molecular flexibility index (Phi) is 5.82. The van der Waals surface area contributed by atoms with E-state index >= 15 is 0 Å². The monoisotopic (exact) mass is 390 g/mol. The quantitative estimate of drug-likeness (QED) is 0.448. The van der Waals surface area contributed by atoms with Gasteiger partial charge in [-0.15, -0.1) is 0 Å². The number of rotatable bonds is 5. The highest BCUT2D eigenvalue weighted by molar-refractivity contribution is 6.02. The van der Waals surface area contributed by atoms with Crippen LogP contribution < -0.4 is 0 Å². The van der Waals surface area contributed by atoms with Gasteiger partial charge in [-0.3, -0.25) is 4.98 Å². The Morgan fingerprint density at radius 1 is 1.21 bits per heavy atom. The molecule has 0 spiro atoms. The first-order valence-electron chi connectivity index (χ1n) is 10.9. The number of imidazole rings is 1.